The maximum Gasteiger partial charge on any atom is 0.120 e. The lowest BCUT2D eigenvalue weighted by Gasteiger charge is -2.36. The summed E-state index contributed by atoms with van der Waals surface area (Å²) >= 11 is 0. The van der Waals surface area contributed by atoms with Crippen molar-refractivity contribution in [2.24, 2.45) is 0 Å². The molecule has 2 aliphatic rings. The van der Waals surface area contributed by atoms with E-state index in [0.29, 0.717) is 18.2 Å². The highest BCUT2D eigenvalue weighted by atomic mass is 16.5. The highest BCUT2D eigenvalue weighted by Crippen LogP contribution is 2.36. The van der Waals surface area contributed by atoms with Gasteiger partial charge in [0.15, 0.2) is 0 Å². The molecule has 0 N–H and O–H groups in total. The van der Waals surface area contributed by atoms with Crippen LogP contribution in [0.2, 0.25) is 0 Å². The van der Waals surface area contributed by atoms with Gasteiger partial charge in [-0.2, -0.15) is 0 Å². The summed E-state index contributed by atoms with van der Waals surface area (Å²) in [4.78, 5) is 2.55. The quantitative estimate of drug-likeness (QED) is 0.859. The fraction of sp³-hybridized carbons (Fsp3) is 0.474. The molecule has 3 heteroatoms. The second-order valence-corrected chi connectivity index (χ2v) is 6.64. The lowest BCUT2D eigenvalue weighted by Crippen LogP contribution is -2.43. The van der Waals surface area contributed by atoms with Crippen molar-refractivity contribution in [1.82, 2.24) is 4.90 Å². The van der Waals surface area contributed by atoms with Crippen molar-refractivity contribution in [2.75, 3.05) is 14.2 Å². The molecule has 0 aromatic heterocycles. The van der Waals surface area contributed by atoms with Crippen LogP contribution in [0.25, 0.3) is 10.8 Å². The van der Waals surface area contributed by atoms with Gasteiger partial charge in [0.25, 0.3) is 0 Å². The highest BCUT2D eigenvalue weighted by Gasteiger charge is 2.39. The molecule has 0 spiro atoms. The van der Waals surface area contributed by atoms with Crippen molar-refractivity contribution in [1.29, 1.82) is 0 Å². The molecule has 3 atom stereocenters. The summed E-state index contributed by atoms with van der Waals surface area (Å²) in [5.74, 6) is 1.87. The van der Waals surface area contributed by atoms with Gasteiger partial charge in [-0.3, -0.25) is 0 Å². The first-order chi connectivity index (χ1) is 10.7. The van der Waals surface area contributed by atoms with Crippen molar-refractivity contribution < 1.29 is 9.47 Å². The van der Waals surface area contributed by atoms with E-state index in [-0.39, 0.29) is 0 Å². The molecule has 0 aliphatic carbocycles. The van der Waals surface area contributed by atoms with Gasteiger partial charge in [-0.15, -0.1) is 0 Å². The number of nitrogens with zero attached hydrogens (tertiary/aromatic N) is 1. The fourth-order valence-electron chi connectivity index (χ4n) is 4.05. The van der Waals surface area contributed by atoms with Crippen molar-refractivity contribution in [2.45, 2.75) is 43.9 Å². The summed E-state index contributed by atoms with van der Waals surface area (Å²) in [6.07, 6.45) is 5.33. The van der Waals surface area contributed by atoms with E-state index in [4.69, 9.17) is 9.47 Å². The van der Waals surface area contributed by atoms with Crippen LogP contribution in [-0.2, 0) is 0 Å². The second-order valence-electron chi connectivity index (χ2n) is 6.64. The van der Waals surface area contributed by atoms with Crippen LogP contribution in [0, 0.1) is 0 Å². The number of rotatable bonds is 3. The predicted octanol–water partition coefficient (Wildman–Crippen LogP) is 3.85. The Hall–Kier alpha value is -1.74. The van der Waals surface area contributed by atoms with Crippen LogP contribution in [0.3, 0.4) is 0 Å². The highest BCUT2D eigenvalue weighted by molar-refractivity contribution is 5.85. The van der Waals surface area contributed by atoms with Crippen molar-refractivity contribution in [3.8, 4) is 11.5 Å². The predicted molar refractivity (Wildman–Crippen MR) is 88.7 cm³/mol. The number of hydrogen-bond acceptors (Lipinski definition) is 3. The van der Waals surface area contributed by atoms with Crippen LogP contribution in [0.15, 0.2) is 36.4 Å². The molecule has 1 unspecified atom stereocenters. The van der Waals surface area contributed by atoms with E-state index in [1.807, 2.05) is 6.07 Å². The largest absolute Gasteiger partial charge is 0.497 e. The lowest BCUT2D eigenvalue weighted by atomic mass is 10.0. The van der Waals surface area contributed by atoms with Gasteiger partial charge in [0, 0.05) is 12.1 Å². The van der Waals surface area contributed by atoms with Gasteiger partial charge in [0.05, 0.1) is 7.11 Å². The van der Waals surface area contributed by atoms with Gasteiger partial charge in [0.1, 0.15) is 17.6 Å². The SMILES string of the molecule is COc1ccc2ccc(OC3C[C@H]4CC[C@@H](C3)N4C)cc2c1. The Morgan fingerprint density at radius 1 is 0.909 bits per heavy atom. The smallest absolute Gasteiger partial charge is 0.120 e. The second kappa shape index (κ2) is 5.47. The molecule has 4 rings (SSSR count). The molecular formula is C19H23NO2. The number of piperidine rings is 1. The number of methoxy groups -OCH3 is 1. The van der Waals surface area contributed by atoms with Gasteiger partial charge in [-0.1, -0.05) is 12.1 Å². The molecule has 2 aliphatic heterocycles. The molecule has 2 aromatic rings. The van der Waals surface area contributed by atoms with E-state index in [0.717, 1.165) is 24.3 Å². The number of hydrogen-bond donors (Lipinski definition) is 0. The fourth-order valence-corrected chi connectivity index (χ4v) is 4.05. The van der Waals surface area contributed by atoms with Crippen LogP contribution in [0.4, 0.5) is 0 Å². The minimum absolute atomic E-state index is 0.358. The molecule has 2 aromatic carbocycles. The van der Waals surface area contributed by atoms with Gasteiger partial charge < -0.3 is 14.4 Å². The van der Waals surface area contributed by atoms with Crippen LogP contribution in [-0.4, -0.2) is 37.2 Å². The molecule has 2 heterocycles. The summed E-state index contributed by atoms with van der Waals surface area (Å²) in [7, 11) is 3.97. The third-order valence-electron chi connectivity index (χ3n) is 5.38. The average molecular weight is 297 g/mol. The summed E-state index contributed by atoms with van der Waals surface area (Å²) in [6.45, 7) is 0. The maximum absolute atomic E-state index is 6.30. The minimum Gasteiger partial charge on any atom is -0.497 e. The van der Waals surface area contributed by atoms with Crippen LogP contribution < -0.4 is 9.47 Å². The Kier molecular flexibility index (Phi) is 3.45. The Morgan fingerprint density at radius 3 is 2.23 bits per heavy atom. The maximum atomic E-state index is 6.30. The van der Waals surface area contributed by atoms with Crippen LogP contribution >= 0.6 is 0 Å². The lowest BCUT2D eigenvalue weighted by molar-refractivity contribution is 0.0662. The molecule has 116 valence electrons. The van der Waals surface area contributed by atoms with Gasteiger partial charge >= 0.3 is 0 Å². The van der Waals surface area contributed by atoms with Crippen LogP contribution in [0.1, 0.15) is 25.7 Å². The van der Waals surface area contributed by atoms with E-state index in [2.05, 4.69) is 42.3 Å². The van der Waals surface area contributed by atoms with Crippen molar-refractivity contribution >= 4 is 10.8 Å². The zero-order chi connectivity index (χ0) is 15.1. The van der Waals surface area contributed by atoms with E-state index < -0.39 is 0 Å². The first-order valence-corrected chi connectivity index (χ1v) is 8.19. The molecule has 0 amide bonds. The molecule has 0 radical (unpaired) electrons. The molecule has 2 bridgehead atoms. The van der Waals surface area contributed by atoms with Gasteiger partial charge in [-0.25, -0.2) is 0 Å². The van der Waals surface area contributed by atoms with Crippen molar-refractivity contribution in [3.63, 3.8) is 0 Å². The Bertz CT molecular complexity index is 670. The van der Waals surface area contributed by atoms with E-state index >= 15 is 0 Å². The zero-order valence-corrected chi connectivity index (χ0v) is 13.3. The topological polar surface area (TPSA) is 21.7 Å². The Balaban J connectivity index is 1.54. The molecule has 2 saturated heterocycles. The normalized spacial score (nSPS) is 28.0. The minimum atomic E-state index is 0.358. The standard InChI is InChI=1S/C19H23NO2/c1-20-15-5-6-16(20)12-19(11-15)22-18-8-4-13-3-7-17(21-2)9-14(13)10-18/h3-4,7-10,15-16,19H,5-6,11-12H2,1-2H3/t15-,16+,19?. The van der Waals surface area contributed by atoms with Gasteiger partial charge in [-0.05, 0) is 67.8 Å². The number of benzene rings is 2. The summed E-state index contributed by atoms with van der Waals surface area (Å²) in [5.41, 5.74) is 0. The molecule has 22 heavy (non-hydrogen) atoms. The average Bonchev–Trinajstić information content (AvgIpc) is 2.75. The first kappa shape index (κ1) is 13.9. The number of ether oxygens (including phenoxy) is 2. The third kappa shape index (κ3) is 2.44. The van der Waals surface area contributed by atoms with E-state index in [1.165, 1.54) is 23.6 Å². The Labute approximate surface area is 131 Å². The van der Waals surface area contributed by atoms with Crippen LogP contribution in [0.5, 0.6) is 11.5 Å². The van der Waals surface area contributed by atoms with Crippen molar-refractivity contribution in [3.05, 3.63) is 36.4 Å². The summed E-state index contributed by atoms with van der Waals surface area (Å²) < 4.78 is 11.6. The van der Waals surface area contributed by atoms with Gasteiger partial charge in [0.2, 0.25) is 0 Å². The molecule has 2 fully saturated rings. The first-order valence-electron chi connectivity index (χ1n) is 8.19. The third-order valence-corrected chi connectivity index (χ3v) is 5.38. The Morgan fingerprint density at radius 2 is 1.55 bits per heavy atom. The summed E-state index contributed by atoms with van der Waals surface area (Å²) in [5, 5.41) is 2.39. The number of fused-ring (bicyclic) bond motifs is 3. The zero-order valence-electron chi connectivity index (χ0n) is 13.3. The summed E-state index contributed by atoms with van der Waals surface area (Å²) in [6, 6.07) is 13.9. The molecule has 3 nitrogen and oxygen atoms in total. The molecule has 0 saturated carbocycles. The molecular weight excluding hydrogens is 274 g/mol. The monoisotopic (exact) mass is 297 g/mol. The van der Waals surface area contributed by atoms with E-state index in [1.54, 1.807) is 7.11 Å². The van der Waals surface area contributed by atoms with E-state index in [9.17, 15) is 0 Å².